The highest BCUT2D eigenvalue weighted by atomic mass is 16.5. The van der Waals surface area contributed by atoms with Gasteiger partial charge in [0, 0.05) is 6.42 Å². The van der Waals surface area contributed by atoms with Crippen molar-refractivity contribution in [2.45, 2.75) is 25.7 Å². The predicted octanol–water partition coefficient (Wildman–Crippen LogP) is 1.55. The van der Waals surface area contributed by atoms with E-state index in [-0.39, 0.29) is 6.61 Å². The highest BCUT2D eigenvalue weighted by Crippen LogP contribution is 2.44. The molecule has 3 heteroatoms. The molecule has 1 N–H and O–H groups in total. The van der Waals surface area contributed by atoms with E-state index in [2.05, 4.69) is 0 Å². The standard InChI is InChI=1S/C9H12O3/c10-9(11)5-12-8-4-6-1-2-7(8)3-6/h6H,1-5H2,(H,10,11). The van der Waals surface area contributed by atoms with Crippen LogP contribution in [0.2, 0.25) is 0 Å². The van der Waals surface area contributed by atoms with Crippen LogP contribution in [0.4, 0.5) is 0 Å². The van der Waals surface area contributed by atoms with Gasteiger partial charge in [-0.2, -0.15) is 0 Å². The van der Waals surface area contributed by atoms with Gasteiger partial charge in [0.05, 0.1) is 5.76 Å². The lowest BCUT2D eigenvalue weighted by Crippen LogP contribution is -2.08. The Morgan fingerprint density at radius 2 is 2.42 bits per heavy atom. The number of rotatable bonds is 3. The molecule has 0 saturated heterocycles. The molecule has 1 saturated carbocycles. The molecule has 2 bridgehead atoms. The Labute approximate surface area is 71.0 Å². The maximum atomic E-state index is 10.2. The van der Waals surface area contributed by atoms with Crippen LogP contribution in [0.5, 0.6) is 0 Å². The van der Waals surface area contributed by atoms with Gasteiger partial charge in [0.25, 0.3) is 0 Å². The normalized spacial score (nSPS) is 26.5. The fraction of sp³-hybridized carbons (Fsp3) is 0.667. The lowest BCUT2D eigenvalue weighted by atomic mass is 10.1. The second-order valence-corrected chi connectivity index (χ2v) is 3.52. The van der Waals surface area contributed by atoms with Gasteiger partial charge in [0.1, 0.15) is 0 Å². The Bertz CT molecular complexity index is 242. The first-order valence-electron chi connectivity index (χ1n) is 4.31. The zero-order valence-electron chi connectivity index (χ0n) is 6.88. The summed E-state index contributed by atoms with van der Waals surface area (Å²) in [4.78, 5) is 10.2. The first kappa shape index (κ1) is 7.65. The first-order chi connectivity index (χ1) is 5.75. The van der Waals surface area contributed by atoms with Gasteiger partial charge >= 0.3 is 5.97 Å². The molecule has 3 nitrogen and oxygen atoms in total. The number of aliphatic carboxylic acids is 1. The Balaban J connectivity index is 1.93. The molecular formula is C9H12O3. The van der Waals surface area contributed by atoms with Gasteiger partial charge in [0.15, 0.2) is 6.61 Å². The third-order valence-electron chi connectivity index (χ3n) is 2.63. The number of hydrogen-bond acceptors (Lipinski definition) is 2. The Morgan fingerprint density at radius 3 is 2.92 bits per heavy atom. The molecule has 0 aromatic carbocycles. The Hall–Kier alpha value is -0.990. The molecule has 0 amide bonds. The summed E-state index contributed by atoms with van der Waals surface area (Å²) >= 11 is 0. The van der Waals surface area contributed by atoms with E-state index in [9.17, 15) is 4.79 Å². The van der Waals surface area contributed by atoms with E-state index in [4.69, 9.17) is 9.84 Å². The predicted molar refractivity (Wildman–Crippen MR) is 42.6 cm³/mol. The van der Waals surface area contributed by atoms with Crippen LogP contribution in [0.3, 0.4) is 0 Å². The van der Waals surface area contributed by atoms with E-state index in [0.29, 0.717) is 0 Å². The summed E-state index contributed by atoms with van der Waals surface area (Å²) in [6, 6.07) is 0. The number of allylic oxidation sites excluding steroid dienone is 2. The summed E-state index contributed by atoms with van der Waals surface area (Å²) in [6.45, 7) is -0.175. The van der Waals surface area contributed by atoms with Crippen molar-refractivity contribution in [2.24, 2.45) is 5.92 Å². The molecule has 66 valence electrons. The van der Waals surface area contributed by atoms with Crippen molar-refractivity contribution in [1.82, 2.24) is 0 Å². The van der Waals surface area contributed by atoms with Crippen molar-refractivity contribution < 1.29 is 14.6 Å². The lowest BCUT2D eigenvalue weighted by Gasteiger charge is -2.11. The fourth-order valence-corrected chi connectivity index (χ4v) is 2.07. The second-order valence-electron chi connectivity index (χ2n) is 3.52. The molecule has 12 heavy (non-hydrogen) atoms. The van der Waals surface area contributed by atoms with Crippen LogP contribution in [-0.4, -0.2) is 17.7 Å². The zero-order chi connectivity index (χ0) is 8.55. The number of carbonyl (C=O) groups is 1. The summed E-state index contributed by atoms with van der Waals surface area (Å²) in [5.74, 6) is 0.836. The lowest BCUT2D eigenvalue weighted by molar-refractivity contribution is -0.140. The van der Waals surface area contributed by atoms with E-state index in [1.54, 1.807) is 0 Å². The molecule has 0 spiro atoms. The molecule has 0 radical (unpaired) electrons. The van der Waals surface area contributed by atoms with Gasteiger partial charge in [-0.05, 0) is 30.8 Å². The van der Waals surface area contributed by atoms with E-state index in [0.717, 1.165) is 30.9 Å². The monoisotopic (exact) mass is 168 g/mol. The minimum absolute atomic E-state index is 0.175. The van der Waals surface area contributed by atoms with Crippen molar-refractivity contribution in [2.75, 3.05) is 6.61 Å². The first-order valence-corrected chi connectivity index (χ1v) is 4.31. The Kier molecular flexibility index (Phi) is 1.79. The molecule has 0 aliphatic heterocycles. The SMILES string of the molecule is O=C(O)COC1=C2CCC(C2)C1. The van der Waals surface area contributed by atoms with Gasteiger partial charge in [-0.15, -0.1) is 0 Å². The van der Waals surface area contributed by atoms with E-state index < -0.39 is 5.97 Å². The van der Waals surface area contributed by atoms with Crippen LogP contribution in [0.1, 0.15) is 25.7 Å². The maximum Gasteiger partial charge on any atom is 0.341 e. The van der Waals surface area contributed by atoms with E-state index in [1.165, 1.54) is 12.0 Å². The van der Waals surface area contributed by atoms with Crippen molar-refractivity contribution >= 4 is 5.97 Å². The third-order valence-corrected chi connectivity index (χ3v) is 2.63. The van der Waals surface area contributed by atoms with Crippen LogP contribution in [0.25, 0.3) is 0 Å². The fourth-order valence-electron chi connectivity index (χ4n) is 2.07. The minimum Gasteiger partial charge on any atom is -0.486 e. The smallest absolute Gasteiger partial charge is 0.341 e. The quantitative estimate of drug-likeness (QED) is 0.695. The number of carboxylic acids is 1. The van der Waals surface area contributed by atoms with Gasteiger partial charge in [0.2, 0.25) is 0 Å². The molecule has 1 unspecified atom stereocenters. The molecule has 1 atom stereocenters. The number of fused-ring (bicyclic) bond motifs is 2. The van der Waals surface area contributed by atoms with Crippen molar-refractivity contribution in [1.29, 1.82) is 0 Å². The Morgan fingerprint density at radius 1 is 1.58 bits per heavy atom. The average Bonchev–Trinajstić information content (AvgIpc) is 2.60. The molecule has 2 aliphatic rings. The average molecular weight is 168 g/mol. The molecule has 0 aromatic rings. The highest BCUT2D eigenvalue weighted by molar-refractivity contribution is 5.68. The molecule has 2 aliphatic carbocycles. The summed E-state index contributed by atoms with van der Waals surface area (Å²) < 4.78 is 5.18. The molecular weight excluding hydrogens is 156 g/mol. The summed E-state index contributed by atoms with van der Waals surface area (Å²) in [5, 5.41) is 8.40. The van der Waals surface area contributed by atoms with Crippen molar-refractivity contribution in [3.05, 3.63) is 11.3 Å². The maximum absolute atomic E-state index is 10.2. The largest absolute Gasteiger partial charge is 0.486 e. The number of carboxylic acid groups (broad SMARTS) is 1. The van der Waals surface area contributed by atoms with E-state index >= 15 is 0 Å². The van der Waals surface area contributed by atoms with Crippen LogP contribution >= 0.6 is 0 Å². The third kappa shape index (κ3) is 1.31. The molecule has 1 fully saturated rings. The number of ether oxygens (including phenoxy) is 1. The van der Waals surface area contributed by atoms with Gasteiger partial charge < -0.3 is 9.84 Å². The van der Waals surface area contributed by atoms with Crippen LogP contribution in [0.15, 0.2) is 11.3 Å². The topological polar surface area (TPSA) is 46.5 Å². The van der Waals surface area contributed by atoms with Crippen LogP contribution in [-0.2, 0) is 9.53 Å². The second kappa shape index (κ2) is 2.81. The zero-order valence-corrected chi connectivity index (χ0v) is 6.88. The molecule has 0 aromatic heterocycles. The number of hydrogen-bond donors (Lipinski definition) is 1. The summed E-state index contributed by atoms with van der Waals surface area (Å²) in [5.41, 5.74) is 1.36. The molecule has 0 heterocycles. The molecule has 2 rings (SSSR count). The van der Waals surface area contributed by atoms with Gasteiger partial charge in [-0.25, -0.2) is 4.79 Å². The van der Waals surface area contributed by atoms with Crippen LogP contribution in [0, 0.1) is 5.92 Å². The minimum atomic E-state index is -0.883. The summed E-state index contributed by atoms with van der Waals surface area (Å²) in [7, 11) is 0. The van der Waals surface area contributed by atoms with Gasteiger partial charge in [-0.1, -0.05) is 0 Å². The summed E-state index contributed by atoms with van der Waals surface area (Å²) in [6.07, 6.45) is 4.52. The van der Waals surface area contributed by atoms with Crippen molar-refractivity contribution in [3.63, 3.8) is 0 Å². The van der Waals surface area contributed by atoms with Gasteiger partial charge in [-0.3, -0.25) is 0 Å². The van der Waals surface area contributed by atoms with E-state index in [1.807, 2.05) is 0 Å². The van der Waals surface area contributed by atoms with Crippen molar-refractivity contribution in [3.8, 4) is 0 Å². The highest BCUT2D eigenvalue weighted by Gasteiger charge is 2.31. The van der Waals surface area contributed by atoms with Crippen LogP contribution < -0.4 is 0 Å².